The van der Waals surface area contributed by atoms with Crippen LogP contribution in [0, 0.1) is 11.8 Å². The van der Waals surface area contributed by atoms with Gasteiger partial charge in [0.05, 0.1) is 17.3 Å². The molecule has 1 fully saturated rings. The lowest BCUT2D eigenvalue weighted by atomic mass is 9.81. The predicted octanol–water partition coefficient (Wildman–Crippen LogP) is 3.13. The average Bonchev–Trinajstić information content (AvgIpc) is 2.49. The van der Waals surface area contributed by atoms with E-state index < -0.39 is 11.9 Å². The van der Waals surface area contributed by atoms with E-state index in [1.807, 2.05) is 0 Å². The van der Waals surface area contributed by atoms with Crippen molar-refractivity contribution in [2.24, 2.45) is 11.8 Å². The van der Waals surface area contributed by atoms with E-state index in [4.69, 9.17) is 16.7 Å². The van der Waals surface area contributed by atoms with Crippen molar-refractivity contribution in [2.75, 3.05) is 10.6 Å². The molecule has 1 aliphatic rings. The van der Waals surface area contributed by atoms with Gasteiger partial charge in [0, 0.05) is 17.9 Å². The van der Waals surface area contributed by atoms with Crippen LogP contribution >= 0.6 is 11.6 Å². The number of anilines is 2. The lowest BCUT2D eigenvalue weighted by Gasteiger charge is -2.26. The summed E-state index contributed by atoms with van der Waals surface area (Å²) in [4.78, 5) is 34.8. The first kappa shape index (κ1) is 17.3. The van der Waals surface area contributed by atoms with Gasteiger partial charge < -0.3 is 15.7 Å². The zero-order valence-electron chi connectivity index (χ0n) is 12.8. The molecule has 2 atom stereocenters. The molecule has 1 aliphatic carbocycles. The Hall–Kier alpha value is -2.08. The van der Waals surface area contributed by atoms with Crippen molar-refractivity contribution >= 4 is 40.8 Å². The number of hydrogen-bond acceptors (Lipinski definition) is 3. The van der Waals surface area contributed by atoms with Gasteiger partial charge in [0.25, 0.3) is 0 Å². The number of carbonyl (C=O) groups is 3. The normalized spacial score (nSPS) is 20.6. The number of carboxylic acids is 1. The predicted molar refractivity (Wildman–Crippen MR) is 87.5 cm³/mol. The molecule has 0 aliphatic heterocycles. The van der Waals surface area contributed by atoms with E-state index in [0.717, 1.165) is 0 Å². The molecule has 2 amide bonds. The summed E-state index contributed by atoms with van der Waals surface area (Å²) in [7, 11) is 0. The van der Waals surface area contributed by atoms with Crippen LogP contribution in [-0.4, -0.2) is 22.9 Å². The van der Waals surface area contributed by atoms with Crippen LogP contribution in [-0.2, 0) is 14.4 Å². The van der Waals surface area contributed by atoms with Crippen molar-refractivity contribution in [1.29, 1.82) is 0 Å². The smallest absolute Gasteiger partial charge is 0.306 e. The number of aliphatic carboxylic acids is 1. The molecule has 7 heteroatoms. The highest BCUT2D eigenvalue weighted by atomic mass is 35.5. The van der Waals surface area contributed by atoms with E-state index in [1.165, 1.54) is 6.92 Å². The van der Waals surface area contributed by atoms with Crippen molar-refractivity contribution in [2.45, 2.75) is 32.6 Å². The van der Waals surface area contributed by atoms with Gasteiger partial charge in [-0.2, -0.15) is 0 Å². The first-order chi connectivity index (χ1) is 10.9. The number of rotatable bonds is 4. The molecule has 1 aromatic carbocycles. The van der Waals surface area contributed by atoms with Gasteiger partial charge in [-0.05, 0) is 37.5 Å². The summed E-state index contributed by atoms with van der Waals surface area (Å²) < 4.78 is 0. The number of amides is 2. The summed E-state index contributed by atoms with van der Waals surface area (Å²) in [5.41, 5.74) is 0.871. The summed E-state index contributed by atoms with van der Waals surface area (Å²) in [6.07, 6.45) is 2.30. The number of hydrogen-bond donors (Lipinski definition) is 3. The summed E-state index contributed by atoms with van der Waals surface area (Å²) >= 11 is 5.95. The molecule has 0 bridgehead atoms. The fourth-order valence-electron chi connectivity index (χ4n) is 2.81. The SMILES string of the molecule is CC(=O)Nc1ccc(Cl)cc1NC(=O)C1CCCC(C(=O)O)C1. The average molecular weight is 339 g/mol. The summed E-state index contributed by atoms with van der Waals surface area (Å²) in [6, 6.07) is 4.78. The Morgan fingerprint density at radius 2 is 1.83 bits per heavy atom. The second-order valence-electron chi connectivity index (χ2n) is 5.76. The second kappa shape index (κ2) is 7.46. The van der Waals surface area contributed by atoms with E-state index in [0.29, 0.717) is 42.1 Å². The van der Waals surface area contributed by atoms with E-state index in [1.54, 1.807) is 18.2 Å². The standard InChI is InChI=1S/C16H19ClN2O4/c1-9(20)18-13-6-5-12(17)8-14(13)19-15(21)10-3-2-4-11(7-10)16(22)23/h5-6,8,10-11H,2-4,7H2,1H3,(H,18,20)(H,19,21)(H,22,23). The molecular formula is C16H19ClN2O4. The summed E-state index contributed by atoms with van der Waals surface area (Å²) in [5, 5.41) is 14.9. The Morgan fingerprint density at radius 1 is 1.13 bits per heavy atom. The largest absolute Gasteiger partial charge is 0.481 e. The van der Waals surface area contributed by atoms with Gasteiger partial charge in [-0.1, -0.05) is 18.0 Å². The Kier molecular flexibility index (Phi) is 5.60. The highest BCUT2D eigenvalue weighted by molar-refractivity contribution is 6.31. The van der Waals surface area contributed by atoms with Crippen LogP contribution in [0.1, 0.15) is 32.6 Å². The maximum atomic E-state index is 12.4. The number of carbonyl (C=O) groups excluding carboxylic acids is 2. The molecule has 2 rings (SSSR count). The maximum absolute atomic E-state index is 12.4. The van der Waals surface area contributed by atoms with E-state index in [2.05, 4.69) is 10.6 Å². The molecule has 3 N–H and O–H groups in total. The Labute approximate surface area is 139 Å². The first-order valence-electron chi connectivity index (χ1n) is 7.47. The van der Waals surface area contributed by atoms with E-state index in [9.17, 15) is 14.4 Å². The summed E-state index contributed by atoms with van der Waals surface area (Å²) in [5.74, 6) is -2.19. The minimum Gasteiger partial charge on any atom is -0.481 e. The third-order valence-electron chi connectivity index (χ3n) is 3.94. The number of nitrogens with one attached hydrogen (secondary N) is 2. The first-order valence-corrected chi connectivity index (χ1v) is 7.85. The quantitative estimate of drug-likeness (QED) is 0.786. The Bertz CT molecular complexity index is 633. The molecule has 0 spiro atoms. The van der Waals surface area contributed by atoms with Crippen LogP contribution in [0.25, 0.3) is 0 Å². The second-order valence-corrected chi connectivity index (χ2v) is 6.20. The molecule has 23 heavy (non-hydrogen) atoms. The lowest BCUT2D eigenvalue weighted by Crippen LogP contribution is -2.31. The molecule has 0 aromatic heterocycles. The van der Waals surface area contributed by atoms with Gasteiger partial charge in [-0.15, -0.1) is 0 Å². The van der Waals surface area contributed by atoms with Crippen LogP contribution in [0.5, 0.6) is 0 Å². The van der Waals surface area contributed by atoms with Crippen LogP contribution < -0.4 is 10.6 Å². The fraction of sp³-hybridized carbons (Fsp3) is 0.438. The van der Waals surface area contributed by atoms with Gasteiger partial charge >= 0.3 is 5.97 Å². The van der Waals surface area contributed by atoms with E-state index in [-0.39, 0.29) is 17.7 Å². The molecule has 6 nitrogen and oxygen atoms in total. The monoisotopic (exact) mass is 338 g/mol. The molecule has 0 heterocycles. The molecular weight excluding hydrogens is 320 g/mol. The zero-order chi connectivity index (χ0) is 17.0. The lowest BCUT2D eigenvalue weighted by molar-refractivity contribution is -0.143. The van der Waals surface area contributed by atoms with Crippen LogP contribution in [0.3, 0.4) is 0 Å². The topological polar surface area (TPSA) is 95.5 Å². The van der Waals surface area contributed by atoms with Crippen molar-refractivity contribution in [3.05, 3.63) is 23.2 Å². The fourth-order valence-corrected chi connectivity index (χ4v) is 2.98. The van der Waals surface area contributed by atoms with Gasteiger partial charge in [-0.25, -0.2) is 0 Å². The van der Waals surface area contributed by atoms with Crippen LogP contribution in [0.15, 0.2) is 18.2 Å². The summed E-state index contributed by atoms with van der Waals surface area (Å²) in [6.45, 7) is 1.37. The molecule has 124 valence electrons. The maximum Gasteiger partial charge on any atom is 0.306 e. The highest BCUT2D eigenvalue weighted by Gasteiger charge is 2.31. The van der Waals surface area contributed by atoms with Gasteiger partial charge in [0.1, 0.15) is 0 Å². The van der Waals surface area contributed by atoms with Gasteiger partial charge in [0.15, 0.2) is 0 Å². The minimum absolute atomic E-state index is 0.246. The minimum atomic E-state index is -0.857. The molecule has 0 radical (unpaired) electrons. The van der Waals surface area contributed by atoms with Crippen LogP contribution in [0.2, 0.25) is 5.02 Å². The Morgan fingerprint density at radius 3 is 2.48 bits per heavy atom. The van der Waals surface area contributed by atoms with Crippen molar-refractivity contribution in [3.63, 3.8) is 0 Å². The van der Waals surface area contributed by atoms with Crippen molar-refractivity contribution in [3.8, 4) is 0 Å². The van der Waals surface area contributed by atoms with E-state index >= 15 is 0 Å². The highest BCUT2D eigenvalue weighted by Crippen LogP contribution is 2.32. The molecule has 1 saturated carbocycles. The van der Waals surface area contributed by atoms with Crippen LogP contribution in [0.4, 0.5) is 11.4 Å². The number of halogens is 1. The molecule has 0 saturated heterocycles. The van der Waals surface area contributed by atoms with Crippen molar-refractivity contribution in [1.82, 2.24) is 0 Å². The third-order valence-corrected chi connectivity index (χ3v) is 4.18. The molecule has 1 aromatic rings. The molecule has 2 unspecified atom stereocenters. The van der Waals surface area contributed by atoms with Crippen molar-refractivity contribution < 1.29 is 19.5 Å². The third kappa shape index (κ3) is 4.69. The number of benzene rings is 1. The Balaban J connectivity index is 2.11. The zero-order valence-corrected chi connectivity index (χ0v) is 13.5. The number of carboxylic acid groups (broad SMARTS) is 1. The van der Waals surface area contributed by atoms with Gasteiger partial charge in [-0.3, -0.25) is 14.4 Å². The van der Waals surface area contributed by atoms with Gasteiger partial charge in [0.2, 0.25) is 11.8 Å².